The van der Waals surface area contributed by atoms with Crippen molar-refractivity contribution >= 4 is 29.7 Å². The van der Waals surface area contributed by atoms with E-state index in [9.17, 15) is 4.79 Å². The van der Waals surface area contributed by atoms with Gasteiger partial charge in [0.25, 0.3) is 5.91 Å². The van der Waals surface area contributed by atoms with Crippen LogP contribution in [-0.4, -0.2) is 24.5 Å². The van der Waals surface area contributed by atoms with Crippen molar-refractivity contribution in [3.63, 3.8) is 0 Å². The quantitative estimate of drug-likeness (QED) is 0.875. The lowest BCUT2D eigenvalue weighted by molar-refractivity contribution is 0.0925. The lowest BCUT2D eigenvalue weighted by atomic mass is 9.88. The van der Waals surface area contributed by atoms with Crippen LogP contribution in [-0.2, 0) is 12.8 Å². The van der Waals surface area contributed by atoms with Gasteiger partial charge in [-0.15, -0.1) is 23.7 Å². The first kappa shape index (κ1) is 16.8. The third-order valence-corrected chi connectivity index (χ3v) is 5.66. The molecule has 2 N–H and O–H groups in total. The first-order valence-electron chi connectivity index (χ1n) is 7.77. The zero-order valence-electron chi connectivity index (χ0n) is 12.8. The summed E-state index contributed by atoms with van der Waals surface area (Å²) in [7, 11) is 0. The summed E-state index contributed by atoms with van der Waals surface area (Å²) >= 11 is 1.77. The minimum Gasteiger partial charge on any atom is -0.349 e. The van der Waals surface area contributed by atoms with Crippen LogP contribution in [0.25, 0.3) is 0 Å². The van der Waals surface area contributed by atoms with Crippen LogP contribution in [0.15, 0.2) is 5.38 Å². The van der Waals surface area contributed by atoms with E-state index in [0.29, 0.717) is 12.1 Å². The number of fused-ring (bicyclic) bond motifs is 1. The van der Waals surface area contributed by atoms with Crippen LogP contribution >= 0.6 is 23.7 Å². The number of nitrogens with one attached hydrogen (secondary N) is 2. The van der Waals surface area contributed by atoms with Crippen molar-refractivity contribution < 1.29 is 4.79 Å². The molecule has 21 heavy (non-hydrogen) atoms. The molecule has 2 heterocycles. The number of carbonyl (C=O) groups is 1. The van der Waals surface area contributed by atoms with Gasteiger partial charge in [0.2, 0.25) is 0 Å². The van der Waals surface area contributed by atoms with Gasteiger partial charge in [-0.05, 0) is 57.1 Å². The summed E-state index contributed by atoms with van der Waals surface area (Å²) in [5.41, 5.74) is 2.27. The Morgan fingerprint density at radius 2 is 2.19 bits per heavy atom. The molecule has 3 nitrogen and oxygen atoms in total. The van der Waals surface area contributed by atoms with Gasteiger partial charge in [0.05, 0.1) is 5.56 Å². The molecule has 1 amide bonds. The van der Waals surface area contributed by atoms with Crippen LogP contribution in [0, 0.1) is 5.92 Å². The standard InChI is InChI=1S/C16H24N2OS.ClH/c1-10-3-4-13-14(9-20-15(13)7-10)16(19)18-12-5-6-17-11(2)8-12;/h9-12,17H,3-8H2,1-2H3,(H,18,19);1H. The number of thiophene rings is 1. The predicted molar refractivity (Wildman–Crippen MR) is 90.7 cm³/mol. The number of hydrogen-bond donors (Lipinski definition) is 2. The molecule has 0 aromatic carbocycles. The fourth-order valence-corrected chi connectivity index (χ4v) is 4.64. The largest absolute Gasteiger partial charge is 0.349 e. The van der Waals surface area contributed by atoms with E-state index < -0.39 is 0 Å². The Hall–Kier alpha value is -0.580. The lowest BCUT2D eigenvalue weighted by Gasteiger charge is -2.28. The summed E-state index contributed by atoms with van der Waals surface area (Å²) in [4.78, 5) is 13.9. The minimum atomic E-state index is 0. The molecular formula is C16H25ClN2OS. The second-order valence-corrected chi connectivity index (χ2v) is 7.41. The molecule has 1 aromatic rings. The molecule has 5 heteroatoms. The van der Waals surface area contributed by atoms with Gasteiger partial charge in [-0.1, -0.05) is 6.92 Å². The highest BCUT2D eigenvalue weighted by molar-refractivity contribution is 7.10. The minimum absolute atomic E-state index is 0. The van der Waals surface area contributed by atoms with E-state index >= 15 is 0 Å². The monoisotopic (exact) mass is 328 g/mol. The van der Waals surface area contributed by atoms with Crippen molar-refractivity contribution in [2.24, 2.45) is 5.92 Å². The number of halogens is 1. The second-order valence-electron chi connectivity index (χ2n) is 6.45. The summed E-state index contributed by atoms with van der Waals surface area (Å²) in [6, 6.07) is 0.836. The highest BCUT2D eigenvalue weighted by Gasteiger charge is 2.25. The van der Waals surface area contributed by atoms with E-state index in [0.717, 1.165) is 43.7 Å². The zero-order valence-corrected chi connectivity index (χ0v) is 14.4. The van der Waals surface area contributed by atoms with Crippen LogP contribution in [0.4, 0.5) is 0 Å². The van der Waals surface area contributed by atoms with E-state index in [2.05, 4.69) is 29.9 Å². The Labute approximate surface area is 137 Å². The maximum atomic E-state index is 12.5. The molecule has 118 valence electrons. The Morgan fingerprint density at radius 3 is 2.95 bits per heavy atom. The second kappa shape index (κ2) is 7.12. The fraction of sp³-hybridized carbons (Fsp3) is 0.688. The van der Waals surface area contributed by atoms with Gasteiger partial charge in [0.1, 0.15) is 0 Å². The topological polar surface area (TPSA) is 41.1 Å². The summed E-state index contributed by atoms with van der Waals surface area (Å²) < 4.78 is 0. The predicted octanol–water partition coefficient (Wildman–Crippen LogP) is 3.17. The molecule has 3 atom stereocenters. The Morgan fingerprint density at radius 1 is 1.38 bits per heavy atom. The van der Waals surface area contributed by atoms with Crippen molar-refractivity contribution in [1.29, 1.82) is 0 Å². The lowest BCUT2D eigenvalue weighted by Crippen LogP contribution is -2.46. The van der Waals surface area contributed by atoms with Gasteiger partial charge >= 0.3 is 0 Å². The Bertz CT molecular complexity index is 502. The van der Waals surface area contributed by atoms with E-state index in [1.165, 1.54) is 16.9 Å². The number of rotatable bonds is 2. The smallest absolute Gasteiger partial charge is 0.252 e. The molecule has 3 unspecified atom stereocenters. The molecule has 1 aliphatic heterocycles. The van der Waals surface area contributed by atoms with E-state index in [-0.39, 0.29) is 18.3 Å². The number of hydrogen-bond acceptors (Lipinski definition) is 3. The van der Waals surface area contributed by atoms with Crippen LogP contribution in [0.2, 0.25) is 0 Å². The van der Waals surface area contributed by atoms with Gasteiger partial charge in [-0.25, -0.2) is 0 Å². The maximum Gasteiger partial charge on any atom is 0.252 e. The highest BCUT2D eigenvalue weighted by Crippen LogP contribution is 2.32. The number of piperidine rings is 1. The highest BCUT2D eigenvalue weighted by atomic mass is 35.5. The SMILES string of the molecule is CC1CCc2c(C(=O)NC3CCNC(C)C3)csc2C1.Cl. The molecule has 0 saturated carbocycles. The summed E-state index contributed by atoms with van der Waals surface area (Å²) in [5, 5.41) is 8.74. The van der Waals surface area contributed by atoms with Crippen LogP contribution in [0.3, 0.4) is 0 Å². The average Bonchev–Trinajstić information content (AvgIpc) is 2.81. The summed E-state index contributed by atoms with van der Waals surface area (Å²) in [6.07, 6.45) is 5.52. The number of amides is 1. The van der Waals surface area contributed by atoms with Crippen molar-refractivity contribution in [1.82, 2.24) is 10.6 Å². The van der Waals surface area contributed by atoms with Gasteiger partial charge in [0, 0.05) is 22.3 Å². The van der Waals surface area contributed by atoms with Crippen molar-refractivity contribution in [3.8, 4) is 0 Å². The molecular weight excluding hydrogens is 304 g/mol. The molecule has 1 aliphatic carbocycles. The van der Waals surface area contributed by atoms with Gasteiger partial charge in [0.15, 0.2) is 0 Å². The average molecular weight is 329 g/mol. The maximum absolute atomic E-state index is 12.5. The fourth-order valence-electron chi connectivity index (χ4n) is 3.39. The van der Waals surface area contributed by atoms with Crippen LogP contribution in [0.5, 0.6) is 0 Å². The molecule has 0 radical (unpaired) electrons. The Kier molecular flexibility index (Phi) is 5.69. The number of carbonyl (C=O) groups excluding carboxylic acids is 1. The third-order valence-electron chi connectivity index (χ3n) is 4.61. The molecule has 1 saturated heterocycles. The first-order chi connectivity index (χ1) is 9.63. The van der Waals surface area contributed by atoms with Gasteiger partial charge in [-0.2, -0.15) is 0 Å². The molecule has 0 bridgehead atoms. The summed E-state index contributed by atoms with van der Waals surface area (Å²) in [6.45, 7) is 5.50. The normalized spacial score (nSPS) is 28.4. The molecule has 1 aromatic heterocycles. The van der Waals surface area contributed by atoms with Crippen molar-refractivity contribution in [3.05, 3.63) is 21.4 Å². The van der Waals surface area contributed by atoms with Crippen LogP contribution < -0.4 is 10.6 Å². The third kappa shape index (κ3) is 3.79. The van der Waals surface area contributed by atoms with Gasteiger partial charge < -0.3 is 10.6 Å². The van der Waals surface area contributed by atoms with Crippen molar-refractivity contribution in [2.75, 3.05) is 6.54 Å². The molecule has 0 spiro atoms. The molecule has 3 rings (SSSR count). The summed E-state index contributed by atoms with van der Waals surface area (Å²) in [5.74, 6) is 0.915. The van der Waals surface area contributed by atoms with Crippen molar-refractivity contribution in [2.45, 2.75) is 58.0 Å². The van der Waals surface area contributed by atoms with Crippen LogP contribution in [0.1, 0.15) is 53.9 Å². The van der Waals surface area contributed by atoms with Gasteiger partial charge in [-0.3, -0.25) is 4.79 Å². The molecule has 2 aliphatic rings. The zero-order chi connectivity index (χ0) is 14.1. The molecule has 1 fully saturated rings. The van der Waals surface area contributed by atoms with E-state index in [4.69, 9.17) is 0 Å². The first-order valence-corrected chi connectivity index (χ1v) is 8.65. The van der Waals surface area contributed by atoms with E-state index in [1.807, 2.05) is 0 Å². The Balaban J connectivity index is 0.00000161. The van der Waals surface area contributed by atoms with E-state index in [1.54, 1.807) is 11.3 Å².